The molecule has 4 aromatic rings. The van der Waals surface area contributed by atoms with E-state index in [9.17, 15) is 4.79 Å². The first-order valence-electron chi connectivity index (χ1n) is 7.91. The predicted octanol–water partition coefficient (Wildman–Crippen LogP) is 3.58. The molecule has 0 atom stereocenters. The Morgan fingerprint density at radius 2 is 1.85 bits per heavy atom. The molecule has 5 N–H and O–H groups in total. The number of nitrogens with two attached hydrogens (primary N) is 2. The zero-order valence-corrected chi connectivity index (χ0v) is 15.6. The van der Waals surface area contributed by atoms with Gasteiger partial charge in [0.25, 0.3) is 5.91 Å². The van der Waals surface area contributed by atoms with Crippen LogP contribution in [0.3, 0.4) is 0 Å². The number of thiazole rings is 2. The Morgan fingerprint density at radius 1 is 1.04 bits per heavy atom. The van der Waals surface area contributed by atoms with Crippen LogP contribution in [0.1, 0.15) is 10.5 Å². The van der Waals surface area contributed by atoms with Gasteiger partial charge in [-0.25, -0.2) is 9.97 Å². The number of amides is 1. The molecule has 0 fully saturated rings. The number of aromatic nitrogens is 2. The fraction of sp³-hybridized carbons (Fsp3) is 0. The van der Waals surface area contributed by atoms with Crippen molar-refractivity contribution in [2.45, 2.75) is 0 Å². The summed E-state index contributed by atoms with van der Waals surface area (Å²) < 4.78 is 0.990. The summed E-state index contributed by atoms with van der Waals surface area (Å²) in [5.74, 6) is -0.456. The number of nitrogens with one attached hydrogen (secondary N) is 1. The van der Waals surface area contributed by atoms with Crippen LogP contribution in [-0.2, 0) is 0 Å². The molecular weight excluding hydrogens is 380 g/mol. The topological polar surface area (TPSA) is 119 Å². The molecule has 0 radical (unpaired) electrons. The molecule has 0 aliphatic carbocycles. The van der Waals surface area contributed by atoms with Crippen molar-refractivity contribution in [3.63, 3.8) is 0 Å². The van der Waals surface area contributed by atoms with E-state index >= 15 is 0 Å². The van der Waals surface area contributed by atoms with Gasteiger partial charge >= 0.3 is 0 Å². The molecule has 2 aromatic carbocycles. The number of benzene rings is 2. The van der Waals surface area contributed by atoms with Gasteiger partial charge in [0.1, 0.15) is 5.69 Å². The van der Waals surface area contributed by atoms with Gasteiger partial charge in [0.05, 0.1) is 10.2 Å². The Morgan fingerprint density at radius 3 is 2.63 bits per heavy atom. The summed E-state index contributed by atoms with van der Waals surface area (Å²) in [4.78, 5) is 24.8. The molecule has 0 unspecified atom stereocenters. The molecule has 2 heterocycles. The van der Waals surface area contributed by atoms with Crippen molar-refractivity contribution >= 4 is 55.0 Å². The minimum Gasteiger partial charge on any atom is -0.370 e. The Labute approximate surface area is 162 Å². The van der Waals surface area contributed by atoms with Crippen LogP contribution >= 0.6 is 22.7 Å². The van der Waals surface area contributed by atoms with Crippen LogP contribution in [0.2, 0.25) is 0 Å². The number of guanidine groups is 1. The number of nitrogens with zero attached hydrogens (tertiary/aromatic N) is 3. The predicted molar refractivity (Wildman–Crippen MR) is 111 cm³/mol. The first-order valence-corrected chi connectivity index (χ1v) is 9.60. The quantitative estimate of drug-likeness (QED) is 0.361. The lowest BCUT2D eigenvalue weighted by atomic mass is 10.1. The smallest absolute Gasteiger partial charge is 0.276 e. The lowest BCUT2D eigenvalue weighted by molar-refractivity contribution is 0.102. The third kappa shape index (κ3) is 3.78. The molecule has 0 spiro atoms. The highest BCUT2D eigenvalue weighted by molar-refractivity contribution is 7.22. The number of carbonyl (C=O) groups is 1. The number of anilines is 1. The molecule has 27 heavy (non-hydrogen) atoms. The molecular formula is C18H14N6OS2. The fourth-order valence-corrected chi connectivity index (χ4v) is 4.01. The van der Waals surface area contributed by atoms with E-state index in [1.807, 2.05) is 48.5 Å². The van der Waals surface area contributed by atoms with Gasteiger partial charge in [0.2, 0.25) is 5.13 Å². The van der Waals surface area contributed by atoms with Crippen molar-refractivity contribution in [3.05, 3.63) is 59.6 Å². The van der Waals surface area contributed by atoms with Crippen LogP contribution < -0.4 is 16.8 Å². The average Bonchev–Trinajstić information content (AvgIpc) is 3.27. The van der Waals surface area contributed by atoms with Gasteiger partial charge in [-0.15, -0.1) is 11.3 Å². The van der Waals surface area contributed by atoms with E-state index in [2.05, 4.69) is 20.3 Å². The van der Waals surface area contributed by atoms with Crippen molar-refractivity contribution in [3.8, 4) is 11.1 Å². The van der Waals surface area contributed by atoms with E-state index in [-0.39, 0.29) is 17.6 Å². The van der Waals surface area contributed by atoms with E-state index in [1.54, 1.807) is 5.38 Å². The van der Waals surface area contributed by atoms with Crippen molar-refractivity contribution in [1.29, 1.82) is 0 Å². The van der Waals surface area contributed by atoms with Crippen LogP contribution in [0, 0.1) is 0 Å². The second kappa shape index (κ2) is 7.14. The summed E-state index contributed by atoms with van der Waals surface area (Å²) in [6.07, 6.45) is 0. The standard InChI is InChI=1S/C18H14N6OS2/c19-16(20)24-17-22-13(9-26-17)15(25)23-18-21-12-8-11(6-7-14(12)27-18)10-4-2-1-3-5-10/h1-9H,(H,21,23,25)(H4,19,20,22,24). The first-order chi connectivity index (χ1) is 13.1. The molecule has 0 bridgehead atoms. The number of aliphatic imine (C=N–C) groups is 1. The molecule has 134 valence electrons. The Hall–Kier alpha value is -3.30. The van der Waals surface area contributed by atoms with E-state index in [0.29, 0.717) is 10.3 Å². The van der Waals surface area contributed by atoms with Gasteiger partial charge in [-0.1, -0.05) is 47.7 Å². The van der Waals surface area contributed by atoms with Crippen molar-refractivity contribution < 1.29 is 4.79 Å². The molecule has 2 aromatic heterocycles. The molecule has 0 saturated heterocycles. The molecule has 0 saturated carbocycles. The molecule has 7 nitrogen and oxygen atoms in total. The largest absolute Gasteiger partial charge is 0.370 e. The summed E-state index contributed by atoms with van der Waals surface area (Å²) in [7, 11) is 0. The van der Waals surface area contributed by atoms with Gasteiger partial charge in [-0.05, 0) is 23.3 Å². The Bertz CT molecular complexity index is 1150. The van der Waals surface area contributed by atoms with E-state index < -0.39 is 0 Å². The molecule has 9 heteroatoms. The number of carbonyl (C=O) groups excluding carboxylic acids is 1. The molecule has 1 amide bonds. The fourth-order valence-electron chi connectivity index (χ4n) is 2.48. The summed E-state index contributed by atoms with van der Waals surface area (Å²) in [5.41, 5.74) is 13.9. The Balaban J connectivity index is 1.56. The van der Waals surface area contributed by atoms with Gasteiger partial charge in [-0.2, -0.15) is 4.99 Å². The highest BCUT2D eigenvalue weighted by atomic mass is 32.1. The average molecular weight is 394 g/mol. The van der Waals surface area contributed by atoms with Gasteiger partial charge in [0, 0.05) is 5.38 Å². The third-order valence-electron chi connectivity index (χ3n) is 3.66. The van der Waals surface area contributed by atoms with Gasteiger partial charge in [0.15, 0.2) is 11.1 Å². The zero-order chi connectivity index (χ0) is 18.8. The summed E-state index contributed by atoms with van der Waals surface area (Å²) in [6, 6.07) is 16.1. The van der Waals surface area contributed by atoms with Crippen molar-refractivity contribution in [1.82, 2.24) is 9.97 Å². The lowest BCUT2D eigenvalue weighted by Crippen LogP contribution is -2.21. The minimum absolute atomic E-state index is 0.100. The monoisotopic (exact) mass is 394 g/mol. The second-order valence-corrected chi connectivity index (χ2v) is 7.44. The maximum atomic E-state index is 12.4. The minimum atomic E-state index is -0.356. The molecule has 0 aliphatic heterocycles. The molecule has 4 rings (SSSR count). The number of fused-ring (bicyclic) bond motifs is 1. The van der Waals surface area contributed by atoms with Crippen LogP contribution in [0.4, 0.5) is 10.3 Å². The van der Waals surface area contributed by atoms with E-state index in [1.165, 1.54) is 22.7 Å². The third-order valence-corrected chi connectivity index (χ3v) is 5.35. The highest BCUT2D eigenvalue weighted by Crippen LogP contribution is 2.30. The van der Waals surface area contributed by atoms with Crippen LogP contribution in [0.5, 0.6) is 0 Å². The van der Waals surface area contributed by atoms with Crippen LogP contribution in [-0.4, -0.2) is 21.8 Å². The summed E-state index contributed by atoms with van der Waals surface area (Å²) in [6.45, 7) is 0. The summed E-state index contributed by atoms with van der Waals surface area (Å²) in [5, 5.41) is 5.21. The number of hydrogen-bond donors (Lipinski definition) is 3. The highest BCUT2D eigenvalue weighted by Gasteiger charge is 2.14. The van der Waals surface area contributed by atoms with E-state index in [0.717, 1.165) is 21.3 Å². The van der Waals surface area contributed by atoms with E-state index in [4.69, 9.17) is 11.5 Å². The maximum absolute atomic E-state index is 12.4. The lowest BCUT2D eigenvalue weighted by Gasteiger charge is -2.00. The van der Waals surface area contributed by atoms with Crippen LogP contribution in [0.15, 0.2) is 58.9 Å². The second-order valence-electron chi connectivity index (χ2n) is 5.57. The zero-order valence-electron chi connectivity index (χ0n) is 13.9. The van der Waals surface area contributed by atoms with Crippen molar-refractivity contribution in [2.75, 3.05) is 5.32 Å². The summed E-state index contributed by atoms with van der Waals surface area (Å²) >= 11 is 2.59. The Kier molecular flexibility index (Phi) is 4.53. The van der Waals surface area contributed by atoms with Crippen molar-refractivity contribution in [2.24, 2.45) is 16.5 Å². The normalized spacial score (nSPS) is 10.7. The SMILES string of the molecule is NC(N)=Nc1nc(C(=O)Nc2nc3cc(-c4ccccc4)ccc3s2)cs1. The number of hydrogen-bond acceptors (Lipinski definition) is 6. The van der Waals surface area contributed by atoms with Gasteiger partial charge in [-0.3, -0.25) is 10.1 Å². The maximum Gasteiger partial charge on any atom is 0.276 e. The number of rotatable bonds is 4. The van der Waals surface area contributed by atoms with Crippen LogP contribution in [0.25, 0.3) is 21.3 Å². The first kappa shape index (κ1) is 17.1. The molecule has 0 aliphatic rings. The van der Waals surface area contributed by atoms with Gasteiger partial charge < -0.3 is 11.5 Å².